The molecule has 0 saturated carbocycles. The van der Waals surface area contributed by atoms with Crippen molar-refractivity contribution in [2.75, 3.05) is 0 Å². The molecule has 0 rings (SSSR count). The van der Waals surface area contributed by atoms with Crippen LogP contribution >= 0.6 is 0 Å². The van der Waals surface area contributed by atoms with Crippen LogP contribution in [0.25, 0.3) is 0 Å². The van der Waals surface area contributed by atoms with Gasteiger partial charge in [0, 0.05) is 0 Å². The van der Waals surface area contributed by atoms with Crippen molar-refractivity contribution in [1.29, 1.82) is 0 Å². The van der Waals surface area contributed by atoms with Gasteiger partial charge in [-0.15, -0.1) is 0 Å². The van der Waals surface area contributed by atoms with E-state index < -0.39 is 0 Å². The van der Waals surface area contributed by atoms with E-state index in [2.05, 4.69) is 194 Å². The second-order valence-corrected chi connectivity index (χ2v) is 23.9. The third-order valence-corrected chi connectivity index (χ3v) is 13.4. The van der Waals surface area contributed by atoms with E-state index in [-0.39, 0.29) is 16.4 Å². The first-order chi connectivity index (χ1) is 40.8. The van der Waals surface area contributed by atoms with Gasteiger partial charge in [0.15, 0.2) is 0 Å². The van der Waals surface area contributed by atoms with E-state index in [1.54, 1.807) is 0 Å². The molecule has 0 aliphatic rings. The highest BCUT2D eigenvalue weighted by atomic mass is 16.0. The normalized spacial score (nSPS) is 8.69. The second kappa shape index (κ2) is 198. The minimum absolute atomic E-state index is 0. The molecule has 0 aromatic carbocycles. The van der Waals surface area contributed by atoms with Gasteiger partial charge in [-0.25, -0.2) is 0 Å². The van der Waals surface area contributed by atoms with Crippen molar-refractivity contribution in [2.24, 2.45) is 0 Å². The van der Waals surface area contributed by atoms with Crippen molar-refractivity contribution < 1.29 is 16.4 Å². The molecule has 0 aromatic heterocycles. The number of unbranched alkanes of at least 4 members (excludes halogenated alkanes) is 42. The summed E-state index contributed by atoms with van der Waals surface area (Å²) in [7, 11) is 0. The van der Waals surface area contributed by atoms with Crippen molar-refractivity contribution >= 4 is 0 Å². The monoisotopic (exact) mass is 1260 g/mol. The molecule has 0 bridgehead atoms. The third kappa shape index (κ3) is 345. The minimum Gasteiger partial charge on any atom is -0.412 e. The molecule has 0 amide bonds. The molecular formula is C84H202O3. The van der Waals surface area contributed by atoms with Crippen LogP contribution < -0.4 is 0 Å². The molecule has 0 heterocycles. The Morgan fingerprint density at radius 3 is 0.103 bits per heavy atom. The van der Waals surface area contributed by atoms with Crippen LogP contribution in [-0.4, -0.2) is 16.4 Å². The van der Waals surface area contributed by atoms with E-state index >= 15 is 0 Å². The Bertz CT molecular complexity index is 400. The lowest BCUT2D eigenvalue weighted by Crippen LogP contribution is -1.66. The van der Waals surface area contributed by atoms with Crippen LogP contribution in [0.15, 0.2) is 0 Å². The highest BCUT2D eigenvalue weighted by Gasteiger charge is 1.82. The van der Waals surface area contributed by atoms with Crippen molar-refractivity contribution in [3.8, 4) is 0 Å². The Hall–Kier alpha value is -0.120. The molecular weight excluding hydrogens is 1060 g/mol. The molecule has 6 N–H and O–H groups in total. The first-order valence-electron chi connectivity index (χ1n) is 40.8. The summed E-state index contributed by atoms with van der Waals surface area (Å²) < 4.78 is 0. The van der Waals surface area contributed by atoms with Gasteiger partial charge in [0.1, 0.15) is 0 Å². The van der Waals surface area contributed by atoms with Gasteiger partial charge < -0.3 is 16.4 Å². The Labute approximate surface area is 567 Å². The van der Waals surface area contributed by atoms with Crippen molar-refractivity contribution in [3.63, 3.8) is 0 Å². The zero-order chi connectivity index (χ0) is 67.6. The van der Waals surface area contributed by atoms with Gasteiger partial charge in [-0.3, -0.25) is 0 Å². The van der Waals surface area contributed by atoms with Gasteiger partial charge >= 0.3 is 0 Å². The molecule has 87 heavy (non-hydrogen) atoms. The first-order valence-corrected chi connectivity index (χ1v) is 40.8. The number of rotatable bonds is 42. The van der Waals surface area contributed by atoms with E-state index in [9.17, 15) is 0 Å². The SMILES string of the molecule is CCCCCC.CCCCCC.CCCCCC.CCCCCC.CCCCCC.CCCCCC.CCCCCC.CCCCCC.CCCCCC.CCCCCC.CCCCCC.CCCCCC.CCCCCC.CCCCCC.O.O.O. The van der Waals surface area contributed by atoms with E-state index in [1.807, 2.05) is 0 Å². The summed E-state index contributed by atoms with van der Waals surface area (Å²) in [6.07, 6.45) is 77.5. The lowest BCUT2D eigenvalue weighted by molar-refractivity contribution is 0.702. The first kappa shape index (κ1) is 131. The van der Waals surface area contributed by atoms with Gasteiger partial charge in [-0.1, -0.05) is 553 Å². The number of hydrogen-bond donors (Lipinski definition) is 0. The summed E-state index contributed by atoms with van der Waals surface area (Å²) in [6.45, 7) is 62.5. The highest BCUT2D eigenvalue weighted by Crippen LogP contribution is 2.02. The predicted molar refractivity (Wildman–Crippen MR) is 428 cm³/mol. The molecule has 556 valence electrons. The summed E-state index contributed by atoms with van der Waals surface area (Å²) >= 11 is 0. The minimum atomic E-state index is 0. The maximum Gasteiger partial charge on any atom is -0.0536 e. The third-order valence-electron chi connectivity index (χ3n) is 13.4. The maximum atomic E-state index is 2.23. The van der Waals surface area contributed by atoms with Crippen LogP contribution in [0.1, 0.15) is 553 Å². The fourth-order valence-electron chi connectivity index (χ4n) is 7.00. The van der Waals surface area contributed by atoms with E-state index in [0.29, 0.717) is 0 Å². The highest BCUT2D eigenvalue weighted by molar-refractivity contribution is 4.38. The summed E-state index contributed by atoms with van der Waals surface area (Å²) in [5, 5.41) is 0. The van der Waals surface area contributed by atoms with Crippen LogP contribution in [0.2, 0.25) is 0 Å². The van der Waals surface area contributed by atoms with Gasteiger partial charge in [-0.05, 0) is 0 Å². The lowest BCUT2D eigenvalue weighted by atomic mass is 10.2. The van der Waals surface area contributed by atoms with Gasteiger partial charge in [0.25, 0.3) is 0 Å². The van der Waals surface area contributed by atoms with Crippen molar-refractivity contribution in [2.45, 2.75) is 553 Å². The van der Waals surface area contributed by atoms with Crippen molar-refractivity contribution in [1.82, 2.24) is 0 Å². The van der Waals surface area contributed by atoms with E-state index in [0.717, 1.165) is 0 Å². The van der Waals surface area contributed by atoms with E-state index in [4.69, 9.17) is 0 Å². The van der Waals surface area contributed by atoms with Crippen LogP contribution in [0.4, 0.5) is 0 Å². The molecule has 0 spiro atoms. The predicted octanol–water partition coefficient (Wildman–Crippen LogP) is 33.7. The molecule has 0 fully saturated rings. The molecule has 0 radical (unpaired) electrons. The van der Waals surface area contributed by atoms with E-state index in [1.165, 1.54) is 360 Å². The topological polar surface area (TPSA) is 94.5 Å². The molecule has 3 heteroatoms. The largest absolute Gasteiger partial charge is 0.412 e. The zero-order valence-electron chi connectivity index (χ0n) is 69.1. The van der Waals surface area contributed by atoms with Crippen LogP contribution in [-0.2, 0) is 0 Å². The quantitative estimate of drug-likeness (QED) is 0.0545. The fraction of sp³-hybridized carbons (Fsp3) is 1.00. The summed E-state index contributed by atoms with van der Waals surface area (Å²) in [4.78, 5) is 0. The standard InChI is InChI=1S/14C6H14.3H2O/c14*1-3-5-6-4-2;;;/h14*3-6H2,1-2H3;3*1H2. The molecule has 0 aliphatic carbocycles. The smallest absolute Gasteiger partial charge is 0.0536 e. The van der Waals surface area contributed by atoms with Gasteiger partial charge in [0.05, 0.1) is 0 Å². The average Bonchev–Trinajstić information content (AvgIpc) is 3.53. The van der Waals surface area contributed by atoms with Crippen LogP contribution in [0.5, 0.6) is 0 Å². The molecule has 0 aromatic rings. The fourth-order valence-corrected chi connectivity index (χ4v) is 7.00. The number of hydrogen-bond acceptors (Lipinski definition) is 0. The van der Waals surface area contributed by atoms with Gasteiger partial charge in [-0.2, -0.15) is 0 Å². The molecule has 0 unspecified atom stereocenters. The Balaban J connectivity index is -0.0000000403. The molecule has 0 saturated heterocycles. The summed E-state index contributed by atoms with van der Waals surface area (Å²) in [5.41, 5.74) is 0. The Kier molecular flexibility index (Phi) is 299. The Morgan fingerprint density at radius 1 is 0.0690 bits per heavy atom. The molecule has 0 aliphatic heterocycles. The zero-order valence-corrected chi connectivity index (χ0v) is 69.1. The summed E-state index contributed by atoms with van der Waals surface area (Å²) in [5.74, 6) is 0. The van der Waals surface area contributed by atoms with Crippen LogP contribution in [0.3, 0.4) is 0 Å². The Morgan fingerprint density at radius 2 is 0.0920 bits per heavy atom. The molecule has 3 nitrogen and oxygen atoms in total. The maximum absolute atomic E-state index is 2.23. The van der Waals surface area contributed by atoms with Crippen molar-refractivity contribution in [3.05, 3.63) is 0 Å². The molecule has 0 atom stereocenters. The van der Waals surface area contributed by atoms with Crippen LogP contribution in [0, 0.1) is 0 Å². The average molecular weight is 1260 g/mol. The lowest BCUT2D eigenvalue weighted by Gasteiger charge is -1.86. The summed E-state index contributed by atoms with van der Waals surface area (Å²) in [6, 6.07) is 0. The second-order valence-electron chi connectivity index (χ2n) is 23.9. The van der Waals surface area contributed by atoms with Gasteiger partial charge in [0.2, 0.25) is 0 Å².